The first kappa shape index (κ1) is 13.9. The molecule has 0 aliphatic carbocycles. The van der Waals surface area contributed by atoms with Crippen molar-refractivity contribution in [3.8, 4) is 0 Å². The third-order valence-electron chi connectivity index (χ3n) is 3.21. The lowest BCUT2D eigenvalue weighted by molar-refractivity contribution is -0.280. The second kappa shape index (κ2) is 4.54. The number of halogens is 3. The van der Waals surface area contributed by atoms with Crippen LogP contribution >= 0.6 is 0 Å². The van der Waals surface area contributed by atoms with Gasteiger partial charge in [-0.3, -0.25) is 0 Å². The first-order chi connectivity index (χ1) is 8.80. The summed E-state index contributed by atoms with van der Waals surface area (Å²) in [6.07, 6.45) is -4.94. The molecule has 19 heavy (non-hydrogen) atoms. The average Bonchev–Trinajstić information content (AvgIpc) is 2.79. The Morgan fingerprint density at radius 2 is 1.95 bits per heavy atom. The SMILES string of the molecule is CCC(N)C(O)(c1cc2ccccc2o1)C(F)(F)F. The number of nitrogens with two attached hydrogens (primary N) is 1. The predicted molar refractivity (Wildman–Crippen MR) is 64.4 cm³/mol. The molecule has 104 valence electrons. The summed E-state index contributed by atoms with van der Waals surface area (Å²) in [5.74, 6) is -0.574. The van der Waals surface area contributed by atoms with Crippen LogP contribution in [0.1, 0.15) is 19.1 Å². The second-order valence-corrected chi connectivity index (χ2v) is 4.43. The van der Waals surface area contributed by atoms with Gasteiger partial charge in [0.25, 0.3) is 0 Å². The van der Waals surface area contributed by atoms with Gasteiger partial charge in [-0.2, -0.15) is 13.2 Å². The van der Waals surface area contributed by atoms with E-state index < -0.39 is 23.6 Å². The number of para-hydroxylation sites is 1. The molecular weight excluding hydrogens is 259 g/mol. The minimum absolute atomic E-state index is 0.0347. The summed E-state index contributed by atoms with van der Waals surface area (Å²) in [7, 11) is 0. The van der Waals surface area contributed by atoms with E-state index in [1.54, 1.807) is 18.2 Å². The summed E-state index contributed by atoms with van der Waals surface area (Å²) in [5.41, 5.74) is 2.56. The molecule has 1 aromatic carbocycles. The Morgan fingerprint density at radius 1 is 1.32 bits per heavy atom. The molecule has 2 unspecified atom stereocenters. The average molecular weight is 273 g/mol. The lowest BCUT2D eigenvalue weighted by atomic mass is 9.89. The molecule has 0 saturated carbocycles. The number of furan rings is 1. The highest BCUT2D eigenvalue weighted by Crippen LogP contribution is 2.43. The smallest absolute Gasteiger partial charge is 0.426 e. The van der Waals surface area contributed by atoms with Crippen molar-refractivity contribution < 1.29 is 22.7 Å². The van der Waals surface area contributed by atoms with Gasteiger partial charge in [0.15, 0.2) is 0 Å². The van der Waals surface area contributed by atoms with Crippen molar-refractivity contribution in [3.05, 3.63) is 36.1 Å². The van der Waals surface area contributed by atoms with E-state index in [1.807, 2.05) is 0 Å². The first-order valence-electron chi connectivity index (χ1n) is 5.84. The van der Waals surface area contributed by atoms with Gasteiger partial charge in [-0.25, -0.2) is 0 Å². The second-order valence-electron chi connectivity index (χ2n) is 4.43. The summed E-state index contributed by atoms with van der Waals surface area (Å²) < 4.78 is 44.6. The number of hydrogen-bond acceptors (Lipinski definition) is 3. The fourth-order valence-electron chi connectivity index (χ4n) is 2.00. The molecule has 3 nitrogen and oxygen atoms in total. The Bertz CT molecular complexity index is 546. The topological polar surface area (TPSA) is 59.4 Å². The van der Waals surface area contributed by atoms with E-state index in [4.69, 9.17) is 10.2 Å². The molecule has 3 N–H and O–H groups in total. The van der Waals surface area contributed by atoms with Crippen LogP contribution in [0, 0.1) is 0 Å². The van der Waals surface area contributed by atoms with Gasteiger partial charge in [-0.1, -0.05) is 25.1 Å². The number of aliphatic hydroxyl groups is 1. The zero-order valence-electron chi connectivity index (χ0n) is 10.2. The van der Waals surface area contributed by atoms with E-state index in [1.165, 1.54) is 19.1 Å². The van der Waals surface area contributed by atoms with Gasteiger partial charge in [-0.15, -0.1) is 0 Å². The molecule has 0 fully saturated rings. The summed E-state index contributed by atoms with van der Waals surface area (Å²) in [5, 5.41) is 10.5. The number of hydrogen-bond donors (Lipinski definition) is 2. The molecule has 0 aliphatic rings. The van der Waals surface area contributed by atoms with E-state index in [-0.39, 0.29) is 12.0 Å². The number of rotatable bonds is 3. The summed E-state index contributed by atoms with van der Waals surface area (Å²) >= 11 is 0. The van der Waals surface area contributed by atoms with Gasteiger partial charge in [0.05, 0.1) is 0 Å². The van der Waals surface area contributed by atoms with Crippen LogP contribution in [0.4, 0.5) is 13.2 Å². The molecule has 2 atom stereocenters. The van der Waals surface area contributed by atoms with E-state index in [9.17, 15) is 18.3 Å². The standard InChI is InChI=1S/C13H14F3NO2/c1-2-10(17)12(18,13(14,15)16)11-7-8-5-3-4-6-9(8)19-11/h3-7,10,18H,2,17H2,1H3. The molecule has 0 aliphatic heterocycles. The van der Waals surface area contributed by atoms with E-state index in [2.05, 4.69) is 0 Å². The predicted octanol–water partition coefficient (Wildman–Crippen LogP) is 2.92. The van der Waals surface area contributed by atoms with Gasteiger partial charge in [0.2, 0.25) is 5.60 Å². The fraction of sp³-hybridized carbons (Fsp3) is 0.385. The third-order valence-corrected chi connectivity index (χ3v) is 3.21. The van der Waals surface area contributed by atoms with Crippen LogP contribution < -0.4 is 5.73 Å². The molecule has 0 spiro atoms. The largest absolute Gasteiger partial charge is 0.458 e. The van der Waals surface area contributed by atoms with E-state index in [0.29, 0.717) is 5.39 Å². The van der Waals surface area contributed by atoms with Crippen molar-refractivity contribution in [3.63, 3.8) is 0 Å². The van der Waals surface area contributed by atoms with Crippen molar-refractivity contribution in [1.82, 2.24) is 0 Å². The molecule has 0 bridgehead atoms. The Balaban J connectivity index is 2.61. The van der Waals surface area contributed by atoms with E-state index >= 15 is 0 Å². The van der Waals surface area contributed by atoms with Crippen LogP contribution in [0.5, 0.6) is 0 Å². The zero-order chi connectivity index (χ0) is 14.3. The first-order valence-corrected chi connectivity index (χ1v) is 5.84. The molecule has 6 heteroatoms. The quantitative estimate of drug-likeness (QED) is 0.904. The number of fused-ring (bicyclic) bond motifs is 1. The highest BCUT2D eigenvalue weighted by atomic mass is 19.4. The Labute approximate surface area is 107 Å². The zero-order valence-corrected chi connectivity index (χ0v) is 10.2. The molecule has 1 heterocycles. The van der Waals surface area contributed by atoms with Crippen molar-refractivity contribution >= 4 is 11.0 Å². The highest BCUT2D eigenvalue weighted by molar-refractivity contribution is 5.78. The van der Waals surface area contributed by atoms with Crippen LogP contribution in [-0.2, 0) is 5.60 Å². The van der Waals surface area contributed by atoms with Crippen molar-refractivity contribution in [2.24, 2.45) is 5.73 Å². The lowest BCUT2D eigenvalue weighted by Gasteiger charge is -2.33. The minimum atomic E-state index is -4.91. The van der Waals surface area contributed by atoms with Gasteiger partial charge in [0.1, 0.15) is 11.3 Å². The molecule has 2 rings (SSSR count). The van der Waals surface area contributed by atoms with E-state index in [0.717, 1.165) is 0 Å². The van der Waals surface area contributed by atoms with Crippen LogP contribution in [0.2, 0.25) is 0 Å². The van der Waals surface area contributed by atoms with Gasteiger partial charge >= 0.3 is 6.18 Å². The van der Waals surface area contributed by atoms with Crippen LogP contribution in [0.15, 0.2) is 34.7 Å². The Kier molecular flexibility index (Phi) is 3.32. The minimum Gasteiger partial charge on any atom is -0.458 e. The Hall–Kier alpha value is -1.53. The molecule has 2 aromatic rings. The summed E-state index contributed by atoms with van der Waals surface area (Å²) in [6.45, 7) is 1.48. The third kappa shape index (κ3) is 2.11. The molecular formula is C13H14F3NO2. The van der Waals surface area contributed by atoms with Crippen molar-refractivity contribution in [2.75, 3.05) is 0 Å². The molecule has 0 saturated heterocycles. The maximum absolute atomic E-state index is 13.2. The van der Waals surface area contributed by atoms with Gasteiger partial charge in [0, 0.05) is 11.4 Å². The molecule has 0 radical (unpaired) electrons. The summed E-state index contributed by atoms with van der Waals surface area (Å²) in [6, 6.07) is 6.14. The van der Waals surface area contributed by atoms with Crippen LogP contribution in [0.25, 0.3) is 11.0 Å². The lowest BCUT2D eigenvalue weighted by Crippen LogP contribution is -2.55. The maximum atomic E-state index is 13.2. The summed E-state index contributed by atoms with van der Waals surface area (Å²) in [4.78, 5) is 0. The van der Waals surface area contributed by atoms with Gasteiger partial charge < -0.3 is 15.3 Å². The van der Waals surface area contributed by atoms with Crippen LogP contribution in [0.3, 0.4) is 0 Å². The normalized spacial score (nSPS) is 17.4. The van der Waals surface area contributed by atoms with Crippen molar-refractivity contribution in [1.29, 1.82) is 0 Å². The maximum Gasteiger partial charge on any atom is 0.426 e. The highest BCUT2D eigenvalue weighted by Gasteiger charge is 2.60. The van der Waals surface area contributed by atoms with Gasteiger partial charge in [-0.05, 0) is 18.6 Å². The van der Waals surface area contributed by atoms with Crippen LogP contribution in [-0.4, -0.2) is 17.3 Å². The Morgan fingerprint density at radius 3 is 2.47 bits per heavy atom. The molecule has 1 aromatic heterocycles. The van der Waals surface area contributed by atoms with Crippen molar-refractivity contribution in [2.45, 2.75) is 31.2 Å². The number of alkyl halides is 3. The molecule has 0 amide bonds. The monoisotopic (exact) mass is 273 g/mol. The number of benzene rings is 1. The fourth-order valence-corrected chi connectivity index (χ4v) is 2.00.